The van der Waals surface area contributed by atoms with Crippen LogP contribution in [0.5, 0.6) is 5.75 Å². The quantitative estimate of drug-likeness (QED) is 0.835. The van der Waals surface area contributed by atoms with Crippen molar-refractivity contribution in [2.24, 2.45) is 0 Å². The molecule has 2 N–H and O–H groups in total. The number of nitrogens with one attached hydrogen (secondary N) is 1. The van der Waals surface area contributed by atoms with Gasteiger partial charge >= 0.3 is 0 Å². The minimum Gasteiger partial charge on any atom is -0.508 e. The van der Waals surface area contributed by atoms with Crippen molar-refractivity contribution >= 4 is 0 Å². The van der Waals surface area contributed by atoms with Crippen molar-refractivity contribution in [3.63, 3.8) is 0 Å². The molecule has 1 heterocycles. The normalized spacial score (nSPS) is 24.6. The van der Waals surface area contributed by atoms with Gasteiger partial charge < -0.3 is 10.4 Å². The van der Waals surface area contributed by atoms with Gasteiger partial charge in [0.1, 0.15) is 5.75 Å². The molecule has 2 aliphatic rings. The molecule has 0 aromatic heterocycles. The predicted octanol–water partition coefficient (Wildman–Crippen LogP) is 2.11. The van der Waals surface area contributed by atoms with Gasteiger partial charge in [-0.25, -0.2) is 0 Å². The van der Waals surface area contributed by atoms with Crippen LogP contribution in [0.25, 0.3) is 0 Å². The topological polar surface area (TPSA) is 35.5 Å². The lowest BCUT2D eigenvalue weighted by atomic mass is 10.1. The number of phenols is 1. The summed E-state index contributed by atoms with van der Waals surface area (Å²) in [5, 5.41) is 12.9. The molecule has 2 fully saturated rings. The zero-order valence-corrected chi connectivity index (χ0v) is 10.8. The average Bonchev–Trinajstić information content (AvgIpc) is 3.11. The standard InChI is InChI=1S/C15H22N2O/c18-15-7-3-12(4-8-15)11-17-9-1-2-14(17)10-16-13-5-6-13/h3-4,7-8,13-14,16,18H,1-2,5-6,9-11H2. The van der Waals surface area contributed by atoms with Gasteiger partial charge in [-0.3, -0.25) is 4.90 Å². The van der Waals surface area contributed by atoms with Gasteiger partial charge in [0.15, 0.2) is 0 Å². The van der Waals surface area contributed by atoms with E-state index in [0.717, 1.165) is 19.1 Å². The monoisotopic (exact) mass is 246 g/mol. The number of phenolic OH excluding ortho intramolecular Hbond substituents is 1. The predicted molar refractivity (Wildman–Crippen MR) is 72.6 cm³/mol. The molecular weight excluding hydrogens is 224 g/mol. The van der Waals surface area contributed by atoms with Crippen molar-refractivity contribution in [2.45, 2.75) is 44.3 Å². The summed E-state index contributed by atoms with van der Waals surface area (Å²) in [4.78, 5) is 2.57. The molecule has 1 aliphatic carbocycles. The van der Waals surface area contributed by atoms with Crippen LogP contribution < -0.4 is 5.32 Å². The van der Waals surface area contributed by atoms with Gasteiger partial charge in [-0.2, -0.15) is 0 Å². The van der Waals surface area contributed by atoms with Crippen LogP contribution in [-0.2, 0) is 6.54 Å². The van der Waals surface area contributed by atoms with E-state index in [1.54, 1.807) is 12.1 Å². The van der Waals surface area contributed by atoms with E-state index in [0.29, 0.717) is 11.8 Å². The van der Waals surface area contributed by atoms with Gasteiger partial charge in [0.05, 0.1) is 0 Å². The molecule has 0 radical (unpaired) electrons. The second-order valence-electron chi connectivity index (χ2n) is 5.62. The van der Waals surface area contributed by atoms with Gasteiger partial charge in [0.25, 0.3) is 0 Å². The molecule has 1 aromatic carbocycles. The summed E-state index contributed by atoms with van der Waals surface area (Å²) in [6.45, 7) is 3.36. The maximum atomic E-state index is 9.30. The lowest BCUT2D eigenvalue weighted by Crippen LogP contribution is -2.38. The summed E-state index contributed by atoms with van der Waals surface area (Å²) in [6, 6.07) is 9.12. The fourth-order valence-electron chi connectivity index (χ4n) is 2.76. The minimum absolute atomic E-state index is 0.354. The smallest absolute Gasteiger partial charge is 0.115 e. The fourth-order valence-corrected chi connectivity index (χ4v) is 2.76. The molecule has 18 heavy (non-hydrogen) atoms. The Morgan fingerprint density at radius 3 is 2.67 bits per heavy atom. The highest BCUT2D eigenvalue weighted by molar-refractivity contribution is 5.25. The van der Waals surface area contributed by atoms with Crippen LogP contribution in [0, 0.1) is 0 Å². The third kappa shape index (κ3) is 3.03. The Labute approximate surface area is 109 Å². The van der Waals surface area contributed by atoms with Gasteiger partial charge in [0, 0.05) is 25.2 Å². The zero-order valence-electron chi connectivity index (χ0n) is 10.8. The Balaban J connectivity index is 1.54. The van der Waals surface area contributed by atoms with Crippen LogP contribution in [0.1, 0.15) is 31.2 Å². The van der Waals surface area contributed by atoms with E-state index in [9.17, 15) is 5.11 Å². The molecule has 3 nitrogen and oxygen atoms in total. The third-order valence-corrected chi connectivity index (χ3v) is 4.04. The van der Waals surface area contributed by atoms with E-state index in [1.807, 2.05) is 12.1 Å². The van der Waals surface area contributed by atoms with Crippen LogP contribution in [-0.4, -0.2) is 35.2 Å². The summed E-state index contributed by atoms with van der Waals surface area (Å²) in [5.41, 5.74) is 1.30. The summed E-state index contributed by atoms with van der Waals surface area (Å²) in [5.74, 6) is 0.354. The molecule has 98 valence electrons. The van der Waals surface area contributed by atoms with Crippen molar-refractivity contribution < 1.29 is 5.11 Å². The molecule has 1 aliphatic heterocycles. The molecule has 1 atom stereocenters. The molecule has 1 unspecified atom stereocenters. The Bertz CT molecular complexity index is 386. The number of nitrogens with zero attached hydrogens (tertiary/aromatic N) is 1. The molecule has 0 bridgehead atoms. The molecular formula is C15H22N2O. The molecule has 3 heteroatoms. The highest BCUT2D eigenvalue weighted by atomic mass is 16.3. The summed E-state index contributed by atoms with van der Waals surface area (Å²) in [7, 11) is 0. The Morgan fingerprint density at radius 1 is 1.17 bits per heavy atom. The first-order valence-electron chi connectivity index (χ1n) is 7.06. The molecule has 1 aromatic rings. The van der Waals surface area contributed by atoms with Gasteiger partial charge in [-0.1, -0.05) is 12.1 Å². The van der Waals surface area contributed by atoms with Crippen molar-refractivity contribution in [1.29, 1.82) is 0 Å². The van der Waals surface area contributed by atoms with Gasteiger partial charge in [-0.05, 0) is 49.9 Å². The lowest BCUT2D eigenvalue weighted by molar-refractivity contribution is 0.239. The van der Waals surface area contributed by atoms with Crippen LogP contribution in [0.4, 0.5) is 0 Å². The first kappa shape index (κ1) is 12.0. The van der Waals surface area contributed by atoms with E-state index in [4.69, 9.17) is 0 Å². The van der Waals surface area contributed by atoms with Crippen LogP contribution in [0.3, 0.4) is 0 Å². The van der Waals surface area contributed by atoms with Crippen molar-refractivity contribution in [1.82, 2.24) is 10.2 Å². The highest BCUT2D eigenvalue weighted by Gasteiger charge is 2.27. The first-order valence-corrected chi connectivity index (χ1v) is 7.06. The largest absolute Gasteiger partial charge is 0.508 e. The summed E-state index contributed by atoms with van der Waals surface area (Å²) >= 11 is 0. The van der Waals surface area contributed by atoms with E-state index in [2.05, 4.69) is 10.2 Å². The first-order chi connectivity index (χ1) is 8.81. The third-order valence-electron chi connectivity index (χ3n) is 4.04. The van der Waals surface area contributed by atoms with Crippen LogP contribution >= 0.6 is 0 Å². The molecule has 3 rings (SSSR count). The number of aromatic hydroxyl groups is 1. The van der Waals surface area contributed by atoms with Crippen LogP contribution in [0.15, 0.2) is 24.3 Å². The van der Waals surface area contributed by atoms with E-state index in [1.165, 1.54) is 37.8 Å². The minimum atomic E-state index is 0.354. The molecule has 1 saturated heterocycles. The number of likely N-dealkylation sites (tertiary alicyclic amines) is 1. The second kappa shape index (κ2) is 5.29. The number of rotatable bonds is 5. The highest BCUT2D eigenvalue weighted by Crippen LogP contribution is 2.23. The fraction of sp³-hybridized carbons (Fsp3) is 0.600. The SMILES string of the molecule is Oc1ccc(CN2CCCC2CNC2CC2)cc1. The number of hydrogen-bond acceptors (Lipinski definition) is 3. The summed E-state index contributed by atoms with van der Waals surface area (Å²) in [6.07, 6.45) is 5.36. The van der Waals surface area contributed by atoms with E-state index >= 15 is 0 Å². The zero-order chi connectivity index (χ0) is 12.4. The summed E-state index contributed by atoms with van der Waals surface area (Å²) < 4.78 is 0. The Morgan fingerprint density at radius 2 is 1.94 bits per heavy atom. The molecule has 0 spiro atoms. The van der Waals surface area contributed by atoms with Crippen molar-refractivity contribution in [2.75, 3.05) is 13.1 Å². The van der Waals surface area contributed by atoms with Gasteiger partial charge in [0.2, 0.25) is 0 Å². The second-order valence-corrected chi connectivity index (χ2v) is 5.62. The maximum absolute atomic E-state index is 9.30. The average molecular weight is 246 g/mol. The maximum Gasteiger partial charge on any atom is 0.115 e. The van der Waals surface area contributed by atoms with E-state index in [-0.39, 0.29) is 0 Å². The van der Waals surface area contributed by atoms with Crippen molar-refractivity contribution in [3.8, 4) is 5.75 Å². The van der Waals surface area contributed by atoms with Gasteiger partial charge in [-0.15, -0.1) is 0 Å². The number of hydrogen-bond donors (Lipinski definition) is 2. The lowest BCUT2D eigenvalue weighted by Gasteiger charge is -2.24. The molecule has 0 amide bonds. The Kier molecular flexibility index (Phi) is 3.52. The number of benzene rings is 1. The van der Waals surface area contributed by atoms with Crippen LogP contribution in [0.2, 0.25) is 0 Å². The van der Waals surface area contributed by atoms with E-state index < -0.39 is 0 Å². The van der Waals surface area contributed by atoms with Crippen molar-refractivity contribution in [3.05, 3.63) is 29.8 Å². The molecule has 1 saturated carbocycles. The Hall–Kier alpha value is -1.06.